The van der Waals surface area contributed by atoms with Crippen molar-refractivity contribution in [3.05, 3.63) is 47.6 Å². The number of phenolic OH excluding ortho intramolecular Hbond substituents is 1. The minimum atomic E-state index is 0.175. The summed E-state index contributed by atoms with van der Waals surface area (Å²) in [5, 5.41) is 22.3. The maximum Gasteiger partial charge on any atom is 0.116 e. The third kappa shape index (κ3) is 3.29. The fourth-order valence-corrected chi connectivity index (χ4v) is 4.17. The summed E-state index contributed by atoms with van der Waals surface area (Å²) >= 11 is 0. The van der Waals surface area contributed by atoms with E-state index < -0.39 is 0 Å². The highest BCUT2D eigenvalue weighted by molar-refractivity contribution is 5.69. The lowest BCUT2D eigenvalue weighted by molar-refractivity contribution is -0.0532. The monoisotopic (exact) mass is 337 g/mol. The number of nitrogens with one attached hydrogen (secondary N) is 1. The average molecular weight is 337 g/mol. The summed E-state index contributed by atoms with van der Waals surface area (Å²) in [5.74, 6) is 0.871. The average Bonchev–Trinajstić information content (AvgIpc) is 2.51. The second-order valence-corrected chi connectivity index (χ2v) is 7.74. The zero-order valence-corrected chi connectivity index (χ0v) is 15.3. The molecule has 1 aromatic carbocycles. The van der Waals surface area contributed by atoms with E-state index in [0.29, 0.717) is 22.9 Å². The molecule has 1 saturated carbocycles. The van der Waals surface area contributed by atoms with Gasteiger partial charge in [0.1, 0.15) is 5.75 Å². The molecule has 0 radical (unpaired) electrons. The highest BCUT2D eigenvalue weighted by Crippen LogP contribution is 2.55. The van der Waals surface area contributed by atoms with Gasteiger partial charge in [-0.1, -0.05) is 18.2 Å². The Hall–Kier alpha value is -2.25. The first kappa shape index (κ1) is 17.6. The standard InChI is InChI=1S/C21H27N3O/c1-14(7-15(2)23-4)18-9-21(10-18)12-24(13-21)16(3)20-8-19(25)6-5-17(20)11-22/h5-8,15,18,23,25H,3,9-10,12-13H2,1-2,4H3/b14-7+. The van der Waals surface area contributed by atoms with Gasteiger partial charge < -0.3 is 15.3 Å². The van der Waals surface area contributed by atoms with Gasteiger partial charge >= 0.3 is 0 Å². The first-order valence-corrected chi connectivity index (χ1v) is 8.90. The number of likely N-dealkylation sites (tertiary alicyclic amines) is 1. The van der Waals surface area contributed by atoms with Gasteiger partial charge in [-0.25, -0.2) is 0 Å². The second-order valence-electron chi connectivity index (χ2n) is 7.74. The molecular formula is C21H27N3O. The van der Waals surface area contributed by atoms with Crippen molar-refractivity contribution >= 4 is 5.70 Å². The Balaban J connectivity index is 1.59. The molecule has 3 rings (SSSR count). The van der Waals surface area contributed by atoms with Crippen LogP contribution in [0.15, 0.2) is 36.4 Å². The number of rotatable bonds is 5. The van der Waals surface area contributed by atoms with E-state index in [9.17, 15) is 10.4 Å². The molecule has 1 saturated heterocycles. The molecule has 2 N–H and O–H groups in total. The molecule has 1 aliphatic carbocycles. The van der Waals surface area contributed by atoms with Gasteiger partial charge in [-0.15, -0.1) is 0 Å². The van der Waals surface area contributed by atoms with Crippen LogP contribution in [0.1, 0.15) is 37.8 Å². The molecule has 2 fully saturated rings. The Labute approximate surface area is 150 Å². The van der Waals surface area contributed by atoms with Gasteiger partial charge in [-0.2, -0.15) is 5.26 Å². The summed E-state index contributed by atoms with van der Waals surface area (Å²) in [6.07, 6.45) is 4.81. The Morgan fingerprint density at radius 2 is 2.16 bits per heavy atom. The highest BCUT2D eigenvalue weighted by atomic mass is 16.3. The molecule has 1 unspecified atom stereocenters. The minimum absolute atomic E-state index is 0.175. The lowest BCUT2D eigenvalue weighted by atomic mass is 9.56. The van der Waals surface area contributed by atoms with E-state index in [1.54, 1.807) is 18.2 Å². The molecule has 2 aliphatic rings. The smallest absolute Gasteiger partial charge is 0.116 e. The van der Waals surface area contributed by atoms with Crippen molar-refractivity contribution in [2.24, 2.45) is 11.3 Å². The van der Waals surface area contributed by atoms with E-state index in [1.165, 1.54) is 18.4 Å². The number of nitrogens with zero attached hydrogens (tertiary/aromatic N) is 2. The zero-order valence-electron chi connectivity index (χ0n) is 15.3. The van der Waals surface area contributed by atoms with Crippen LogP contribution in [0.3, 0.4) is 0 Å². The summed E-state index contributed by atoms with van der Waals surface area (Å²) in [6, 6.07) is 7.45. The van der Waals surface area contributed by atoms with Crippen LogP contribution >= 0.6 is 0 Å². The predicted octanol–water partition coefficient (Wildman–Crippen LogP) is 3.50. The number of nitriles is 1. The third-order valence-electron chi connectivity index (χ3n) is 5.84. The molecule has 1 aliphatic heterocycles. The van der Waals surface area contributed by atoms with Crippen LogP contribution in [-0.4, -0.2) is 36.2 Å². The van der Waals surface area contributed by atoms with Crippen LogP contribution in [0.4, 0.5) is 0 Å². The molecule has 1 heterocycles. The van der Waals surface area contributed by atoms with E-state index in [2.05, 4.69) is 42.8 Å². The largest absolute Gasteiger partial charge is 0.508 e. The number of benzene rings is 1. The Bertz CT molecular complexity index is 745. The Kier molecular flexibility index (Phi) is 4.62. The van der Waals surface area contributed by atoms with Crippen molar-refractivity contribution < 1.29 is 5.11 Å². The first-order valence-electron chi connectivity index (χ1n) is 8.90. The second kappa shape index (κ2) is 6.57. The predicted molar refractivity (Wildman–Crippen MR) is 101 cm³/mol. The normalized spacial score (nSPS) is 20.6. The van der Waals surface area contributed by atoms with Gasteiger partial charge in [0.05, 0.1) is 11.6 Å². The molecule has 0 bridgehead atoms. The van der Waals surface area contributed by atoms with Gasteiger partial charge in [0.15, 0.2) is 0 Å². The number of allylic oxidation sites excluding steroid dienone is 1. The Morgan fingerprint density at radius 1 is 1.48 bits per heavy atom. The molecule has 1 spiro atoms. The van der Waals surface area contributed by atoms with Crippen LogP contribution in [0.25, 0.3) is 5.70 Å². The molecule has 25 heavy (non-hydrogen) atoms. The molecule has 4 heteroatoms. The number of hydrogen-bond acceptors (Lipinski definition) is 4. The summed E-state index contributed by atoms with van der Waals surface area (Å²) in [5.41, 5.74) is 4.05. The van der Waals surface area contributed by atoms with Gasteiger partial charge in [0.25, 0.3) is 0 Å². The van der Waals surface area contributed by atoms with Crippen LogP contribution in [-0.2, 0) is 0 Å². The van der Waals surface area contributed by atoms with Crippen molar-refractivity contribution in [2.75, 3.05) is 20.1 Å². The van der Waals surface area contributed by atoms with Crippen LogP contribution < -0.4 is 5.32 Å². The maximum absolute atomic E-state index is 9.72. The molecule has 1 aromatic rings. The van der Waals surface area contributed by atoms with Gasteiger partial charge in [0.2, 0.25) is 0 Å². The lowest BCUT2D eigenvalue weighted by Gasteiger charge is -2.60. The van der Waals surface area contributed by atoms with Crippen molar-refractivity contribution in [1.29, 1.82) is 5.26 Å². The van der Waals surface area contributed by atoms with Gasteiger partial charge in [-0.05, 0) is 57.9 Å². The van der Waals surface area contributed by atoms with Gasteiger partial charge in [-0.3, -0.25) is 0 Å². The fourth-order valence-electron chi connectivity index (χ4n) is 4.17. The van der Waals surface area contributed by atoms with Crippen molar-refractivity contribution in [3.8, 4) is 11.8 Å². The fraction of sp³-hybridized carbons (Fsp3) is 0.476. The molecule has 132 valence electrons. The molecular weight excluding hydrogens is 310 g/mol. The molecule has 0 amide bonds. The first-order chi connectivity index (χ1) is 11.9. The third-order valence-corrected chi connectivity index (χ3v) is 5.84. The number of aromatic hydroxyl groups is 1. The van der Waals surface area contributed by atoms with Crippen molar-refractivity contribution in [3.63, 3.8) is 0 Å². The SMILES string of the molecule is C=C(c1cc(O)ccc1C#N)N1CC2(CC(/C(C)=C/C(C)NC)C2)C1. The summed E-state index contributed by atoms with van der Waals surface area (Å²) in [6.45, 7) is 10.6. The van der Waals surface area contributed by atoms with Crippen LogP contribution in [0.5, 0.6) is 5.75 Å². The van der Waals surface area contributed by atoms with Crippen molar-refractivity contribution in [1.82, 2.24) is 10.2 Å². The molecule has 1 atom stereocenters. The van der Waals surface area contributed by atoms with E-state index >= 15 is 0 Å². The summed E-state index contributed by atoms with van der Waals surface area (Å²) < 4.78 is 0. The topological polar surface area (TPSA) is 59.3 Å². The molecule has 4 nitrogen and oxygen atoms in total. The van der Waals surface area contributed by atoms with E-state index in [0.717, 1.165) is 24.4 Å². The molecule has 0 aromatic heterocycles. The van der Waals surface area contributed by atoms with Crippen LogP contribution in [0, 0.1) is 22.7 Å². The number of likely N-dealkylation sites (N-methyl/N-ethyl adjacent to an activating group) is 1. The van der Waals surface area contributed by atoms with E-state index in [1.807, 2.05) is 7.05 Å². The van der Waals surface area contributed by atoms with Crippen molar-refractivity contribution in [2.45, 2.75) is 32.7 Å². The number of hydrogen-bond donors (Lipinski definition) is 2. The number of phenols is 1. The minimum Gasteiger partial charge on any atom is -0.508 e. The van der Waals surface area contributed by atoms with Crippen LogP contribution in [0.2, 0.25) is 0 Å². The quantitative estimate of drug-likeness (QED) is 0.808. The highest BCUT2D eigenvalue weighted by Gasteiger charge is 2.52. The lowest BCUT2D eigenvalue weighted by Crippen LogP contribution is -2.61. The summed E-state index contributed by atoms with van der Waals surface area (Å²) in [4.78, 5) is 2.24. The van der Waals surface area contributed by atoms with Gasteiger partial charge in [0, 0.05) is 35.8 Å². The van der Waals surface area contributed by atoms with E-state index in [-0.39, 0.29) is 5.75 Å². The maximum atomic E-state index is 9.72. The Morgan fingerprint density at radius 3 is 2.76 bits per heavy atom. The zero-order chi connectivity index (χ0) is 18.2. The van der Waals surface area contributed by atoms with E-state index in [4.69, 9.17) is 0 Å². The summed E-state index contributed by atoms with van der Waals surface area (Å²) in [7, 11) is 1.99.